The number of methoxy groups -OCH3 is 1. The standard InChI is InChI=1S/C19H26N4O2S/c1-13-16(6-7-20-18(13)25-3)9-15-5-4-8-23(11-15)12-17-10-21-19(26-17)22-14(2)24/h6-7,10,15H,4-5,8-9,11-12H2,1-3H3,(H,21,22,24)/t15-/m0/s1. The smallest absolute Gasteiger partial charge is 0.223 e. The maximum atomic E-state index is 11.1. The molecular formula is C19H26N4O2S. The molecular weight excluding hydrogens is 348 g/mol. The van der Waals surface area contributed by atoms with E-state index >= 15 is 0 Å². The van der Waals surface area contributed by atoms with Crippen molar-refractivity contribution in [1.29, 1.82) is 0 Å². The molecule has 1 aliphatic rings. The van der Waals surface area contributed by atoms with Crippen LogP contribution in [0.1, 0.15) is 35.8 Å². The summed E-state index contributed by atoms with van der Waals surface area (Å²) in [6.07, 6.45) is 7.23. The first kappa shape index (κ1) is 18.8. The number of nitrogens with zero attached hydrogens (tertiary/aromatic N) is 3. The lowest BCUT2D eigenvalue weighted by atomic mass is 9.90. The molecule has 0 bridgehead atoms. The molecule has 26 heavy (non-hydrogen) atoms. The molecule has 140 valence electrons. The van der Waals surface area contributed by atoms with Crippen molar-refractivity contribution >= 4 is 22.4 Å². The van der Waals surface area contributed by atoms with Crippen molar-refractivity contribution in [2.24, 2.45) is 5.92 Å². The Hall–Kier alpha value is -1.99. The maximum absolute atomic E-state index is 11.1. The first-order chi connectivity index (χ1) is 12.5. The maximum Gasteiger partial charge on any atom is 0.223 e. The monoisotopic (exact) mass is 374 g/mol. The third-order valence-corrected chi connectivity index (χ3v) is 5.69. The van der Waals surface area contributed by atoms with Crippen molar-refractivity contribution in [1.82, 2.24) is 14.9 Å². The van der Waals surface area contributed by atoms with Crippen LogP contribution in [0.25, 0.3) is 0 Å². The molecule has 3 heterocycles. The topological polar surface area (TPSA) is 67.3 Å². The summed E-state index contributed by atoms with van der Waals surface area (Å²) in [5.41, 5.74) is 2.48. The third-order valence-electron chi connectivity index (χ3n) is 4.79. The molecule has 0 aliphatic carbocycles. The number of ether oxygens (including phenoxy) is 1. The molecule has 1 amide bonds. The lowest BCUT2D eigenvalue weighted by molar-refractivity contribution is -0.114. The van der Waals surface area contributed by atoms with E-state index in [0.717, 1.165) is 37.5 Å². The number of amides is 1. The molecule has 1 atom stereocenters. The summed E-state index contributed by atoms with van der Waals surface area (Å²) in [6, 6.07) is 2.11. The van der Waals surface area contributed by atoms with Gasteiger partial charge in [0.1, 0.15) is 0 Å². The molecule has 2 aromatic heterocycles. The van der Waals surface area contributed by atoms with Gasteiger partial charge in [-0.1, -0.05) is 0 Å². The number of nitrogens with one attached hydrogen (secondary N) is 1. The zero-order valence-electron chi connectivity index (χ0n) is 15.6. The van der Waals surface area contributed by atoms with Gasteiger partial charge in [0.15, 0.2) is 5.13 Å². The van der Waals surface area contributed by atoms with Crippen LogP contribution in [0.4, 0.5) is 5.13 Å². The van der Waals surface area contributed by atoms with Gasteiger partial charge in [-0.3, -0.25) is 9.69 Å². The second-order valence-electron chi connectivity index (χ2n) is 6.86. The van der Waals surface area contributed by atoms with Crippen LogP contribution in [-0.2, 0) is 17.8 Å². The highest BCUT2D eigenvalue weighted by atomic mass is 32.1. The van der Waals surface area contributed by atoms with E-state index in [-0.39, 0.29) is 5.91 Å². The molecule has 1 N–H and O–H groups in total. The summed E-state index contributed by atoms with van der Waals surface area (Å²) in [7, 11) is 1.67. The van der Waals surface area contributed by atoms with Crippen molar-refractivity contribution in [2.75, 3.05) is 25.5 Å². The Labute approximate surface area is 158 Å². The van der Waals surface area contributed by atoms with E-state index in [9.17, 15) is 4.79 Å². The van der Waals surface area contributed by atoms with Crippen molar-refractivity contribution < 1.29 is 9.53 Å². The van der Waals surface area contributed by atoms with E-state index in [1.165, 1.54) is 30.2 Å². The number of carbonyl (C=O) groups excluding carboxylic acids is 1. The number of rotatable bonds is 6. The Bertz CT molecular complexity index is 762. The second kappa shape index (κ2) is 8.60. The van der Waals surface area contributed by atoms with Crippen molar-refractivity contribution in [2.45, 2.75) is 39.7 Å². The first-order valence-electron chi connectivity index (χ1n) is 8.98. The number of likely N-dealkylation sites (tertiary alicyclic amines) is 1. The van der Waals surface area contributed by atoms with E-state index in [1.54, 1.807) is 18.4 Å². The van der Waals surface area contributed by atoms with Gasteiger partial charge in [-0.2, -0.15) is 0 Å². The molecule has 6 nitrogen and oxygen atoms in total. The highest BCUT2D eigenvalue weighted by Crippen LogP contribution is 2.27. The van der Waals surface area contributed by atoms with Gasteiger partial charge in [-0.15, -0.1) is 11.3 Å². The minimum absolute atomic E-state index is 0.0768. The molecule has 0 radical (unpaired) electrons. The van der Waals surface area contributed by atoms with Crippen LogP contribution in [0.3, 0.4) is 0 Å². The van der Waals surface area contributed by atoms with Crippen LogP contribution in [-0.4, -0.2) is 41.0 Å². The Balaban J connectivity index is 1.59. The van der Waals surface area contributed by atoms with Crippen LogP contribution < -0.4 is 10.1 Å². The Morgan fingerprint density at radius 3 is 3.08 bits per heavy atom. The Morgan fingerprint density at radius 2 is 2.31 bits per heavy atom. The van der Waals surface area contributed by atoms with Crippen LogP contribution in [0.2, 0.25) is 0 Å². The van der Waals surface area contributed by atoms with Gasteiger partial charge in [-0.25, -0.2) is 9.97 Å². The number of hydrogen-bond donors (Lipinski definition) is 1. The molecule has 7 heteroatoms. The lowest BCUT2D eigenvalue weighted by Gasteiger charge is -2.32. The number of hydrogen-bond acceptors (Lipinski definition) is 6. The van der Waals surface area contributed by atoms with Crippen LogP contribution in [0.5, 0.6) is 5.88 Å². The van der Waals surface area contributed by atoms with Gasteiger partial charge in [-0.05, 0) is 50.3 Å². The van der Waals surface area contributed by atoms with Crippen molar-refractivity contribution in [3.05, 3.63) is 34.5 Å². The van der Waals surface area contributed by atoms with E-state index in [1.807, 2.05) is 12.4 Å². The number of aromatic nitrogens is 2. The van der Waals surface area contributed by atoms with Gasteiger partial charge in [0, 0.05) is 42.8 Å². The average molecular weight is 375 g/mol. The fourth-order valence-electron chi connectivity index (χ4n) is 3.56. The Morgan fingerprint density at radius 1 is 1.46 bits per heavy atom. The van der Waals surface area contributed by atoms with Crippen LogP contribution in [0, 0.1) is 12.8 Å². The van der Waals surface area contributed by atoms with E-state index in [0.29, 0.717) is 11.0 Å². The minimum Gasteiger partial charge on any atom is -0.481 e. The van der Waals surface area contributed by atoms with Gasteiger partial charge in [0.25, 0.3) is 0 Å². The molecule has 0 aromatic carbocycles. The fraction of sp³-hybridized carbons (Fsp3) is 0.526. The summed E-state index contributed by atoms with van der Waals surface area (Å²) >= 11 is 1.56. The highest BCUT2D eigenvalue weighted by Gasteiger charge is 2.22. The normalized spacial score (nSPS) is 17.9. The van der Waals surface area contributed by atoms with Crippen LogP contribution >= 0.6 is 11.3 Å². The summed E-state index contributed by atoms with van der Waals surface area (Å²) in [4.78, 5) is 23.4. The first-order valence-corrected chi connectivity index (χ1v) is 9.80. The minimum atomic E-state index is -0.0768. The molecule has 1 fully saturated rings. The summed E-state index contributed by atoms with van der Waals surface area (Å²) in [5, 5.41) is 3.43. The molecule has 0 saturated carbocycles. The van der Waals surface area contributed by atoms with Gasteiger partial charge in [0.2, 0.25) is 11.8 Å². The Kier molecular flexibility index (Phi) is 6.21. The largest absolute Gasteiger partial charge is 0.481 e. The second-order valence-corrected chi connectivity index (χ2v) is 7.98. The summed E-state index contributed by atoms with van der Waals surface area (Å²) in [5.74, 6) is 1.29. The number of carbonyl (C=O) groups is 1. The van der Waals surface area contributed by atoms with Crippen molar-refractivity contribution in [3.63, 3.8) is 0 Å². The quantitative estimate of drug-likeness (QED) is 0.840. The zero-order valence-corrected chi connectivity index (χ0v) is 16.4. The SMILES string of the molecule is COc1nccc(C[C@@H]2CCCN(Cc3cnc(NC(C)=O)s3)C2)c1C. The van der Waals surface area contributed by atoms with E-state index in [4.69, 9.17) is 4.74 Å². The highest BCUT2D eigenvalue weighted by molar-refractivity contribution is 7.15. The third kappa shape index (κ3) is 4.80. The van der Waals surface area contributed by atoms with Gasteiger partial charge >= 0.3 is 0 Å². The van der Waals surface area contributed by atoms with E-state index in [2.05, 4.69) is 33.2 Å². The molecule has 3 rings (SSSR count). The number of pyridine rings is 1. The molecule has 2 aromatic rings. The average Bonchev–Trinajstić information content (AvgIpc) is 3.03. The molecule has 1 aliphatic heterocycles. The van der Waals surface area contributed by atoms with E-state index < -0.39 is 0 Å². The number of thiazole rings is 1. The zero-order chi connectivity index (χ0) is 18.5. The predicted molar refractivity (Wildman–Crippen MR) is 104 cm³/mol. The molecule has 0 spiro atoms. The van der Waals surface area contributed by atoms with Crippen molar-refractivity contribution in [3.8, 4) is 5.88 Å². The summed E-state index contributed by atoms with van der Waals surface area (Å²) < 4.78 is 5.35. The fourth-order valence-corrected chi connectivity index (χ4v) is 4.46. The predicted octanol–water partition coefficient (Wildman–Crippen LogP) is 3.27. The van der Waals surface area contributed by atoms with Crippen LogP contribution in [0.15, 0.2) is 18.5 Å². The molecule has 0 unspecified atom stereocenters. The lowest BCUT2D eigenvalue weighted by Crippen LogP contribution is -2.35. The van der Waals surface area contributed by atoms with Gasteiger partial charge < -0.3 is 10.1 Å². The van der Waals surface area contributed by atoms with Gasteiger partial charge in [0.05, 0.1) is 7.11 Å². The summed E-state index contributed by atoms with van der Waals surface area (Å²) in [6.45, 7) is 6.68. The number of anilines is 1. The number of piperidine rings is 1. The molecule has 1 saturated heterocycles.